The first-order valence-electron chi connectivity index (χ1n) is 9.24. The molecule has 3 nitrogen and oxygen atoms in total. The van der Waals surface area contributed by atoms with Crippen molar-refractivity contribution in [2.45, 2.75) is 38.7 Å². The van der Waals surface area contributed by atoms with E-state index in [0.29, 0.717) is 0 Å². The molecule has 3 rings (SSSR count). The minimum atomic E-state index is -0.195. The Hall–Kier alpha value is -1.84. The number of nitrogens with zero attached hydrogens (tertiary/aromatic N) is 1. The molecule has 0 bridgehead atoms. The lowest BCUT2D eigenvalue weighted by Crippen LogP contribution is -2.39. The fourth-order valence-electron chi connectivity index (χ4n) is 3.08. The van der Waals surface area contributed by atoms with Gasteiger partial charge in [0.25, 0.3) is 0 Å². The van der Waals surface area contributed by atoms with E-state index in [1.54, 1.807) is 0 Å². The monoisotopic (exact) mass is 342 g/mol. The molecular weight excluding hydrogens is 308 g/mol. The van der Waals surface area contributed by atoms with Crippen LogP contribution >= 0.6 is 0 Å². The number of ether oxygens (including phenoxy) is 1. The SMILES string of the molecule is CC.CN.CN(C)CCC1(c2ccccc2)CCc2ccccc2O1. The molecule has 1 atom stereocenters. The standard InChI is InChI=1S/C19H23NO.C2H6.CH5N/c1-20(2)15-14-19(17-9-4-3-5-10-17)13-12-16-8-6-7-11-18(16)21-19;2*1-2/h3-11H,12-15H2,1-2H3;1-2H3;2H2,1H3. The topological polar surface area (TPSA) is 38.5 Å². The maximum Gasteiger partial charge on any atom is 0.136 e. The minimum Gasteiger partial charge on any atom is -0.482 e. The minimum absolute atomic E-state index is 0.195. The smallest absolute Gasteiger partial charge is 0.136 e. The van der Waals surface area contributed by atoms with Gasteiger partial charge >= 0.3 is 0 Å². The maximum atomic E-state index is 6.53. The number of hydrogen-bond donors (Lipinski definition) is 1. The van der Waals surface area contributed by atoms with Crippen LogP contribution < -0.4 is 10.5 Å². The van der Waals surface area contributed by atoms with Crippen LogP contribution in [0.2, 0.25) is 0 Å². The quantitative estimate of drug-likeness (QED) is 0.891. The van der Waals surface area contributed by atoms with Crippen molar-refractivity contribution in [3.63, 3.8) is 0 Å². The second kappa shape index (κ2) is 10.9. The summed E-state index contributed by atoms with van der Waals surface area (Å²) in [6, 6.07) is 19.1. The highest BCUT2D eigenvalue weighted by molar-refractivity contribution is 5.38. The summed E-state index contributed by atoms with van der Waals surface area (Å²) in [4.78, 5) is 2.23. The summed E-state index contributed by atoms with van der Waals surface area (Å²) in [7, 11) is 5.74. The Morgan fingerprint density at radius 1 is 0.960 bits per heavy atom. The molecule has 0 spiro atoms. The van der Waals surface area contributed by atoms with E-state index in [1.165, 1.54) is 18.2 Å². The van der Waals surface area contributed by atoms with E-state index in [2.05, 4.69) is 79.3 Å². The van der Waals surface area contributed by atoms with Crippen LogP contribution in [0.25, 0.3) is 0 Å². The first kappa shape index (κ1) is 21.2. The van der Waals surface area contributed by atoms with Gasteiger partial charge in [-0.1, -0.05) is 62.4 Å². The lowest BCUT2D eigenvalue weighted by molar-refractivity contribution is 0.0273. The highest BCUT2D eigenvalue weighted by Gasteiger charge is 2.37. The first-order chi connectivity index (χ1) is 12.2. The zero-order valence-corrected chi connectivity index (χ0v) is 16.5. The molecule has 3 heteroatoms. The van der Waals surface area contributed by atoms with Crippen molar-refractivity contribution in [3.8, 4) is 5.75 Å². The van der Waals surface area contributed by atoms with Crippen LogP contribution in [0.5, 0.6) is 5.75 Å². The Morgan fingerprint density at radius 2 is 1.56 bits per heavy atom. The molecule has 1 aliphatic heterocycles. The zero-order valence-electron chi connectivity index (χ0n) is 16.5. The number of hydrogen-bond acceptors (Lipinski definition) is 3. The molecule has 0 fully saturated rings. The van der Waals surface area contributed by atoms with Crippen molar-refractivity contribution < 1.29 is 4.74 Å². The van der Waals surface area contributed by atoms with E-state index in [-0.39, 0.29) is 5.60 Å². The van der Waals surface area contributed by atoms with E-state index >= 15 is 0 Å². The van der Waals surface area contributed by atoms with Crippen LogP contribution in [0.15, 0.2) is 54.6 Å². The summed E-state index contributed by atoms with van der Waals surface area (Å²) in [5.41, 5.74) is 6.93. The van der Waals surface area contributed by atoms with Crippen molar-refractivity contribution in [2.24, 2.45) is 5.73 Å². The van der Waals surface area contributed by atoms with Crippen LogP contribution in [0, 0.1) is 0 Å². The summed E-state index contributed by atoms with van der Waals surface area (Å²) in [5.74, 6) is 1.05. The Balaban J connectivity index is 0.000000730. The van der Waals surface area contributed by atoms with Crippen LogP contribution in [-0.4, -0.2) is 32.6 Å². The Kier molecular flexibility index (Phi) is 9.25. The zero-order chi connectivity index (χ0) is 18.7. The molecule has 2 aromatic carbocycles. The molecule has 2 aromatic rings. The molecule has 25 heavy (non-hydrogen) atoms. The molecule has 1 aliphatic rings. The van der Waals surface area contributed by atoms with Crippen molar-refractivity contribution in [2.75, 3.05) is 27.7 Å². The third kappa shape index (κ3) is 5.58. The van der Waals surface area contributed by atoms with Gasteiger partial charge in [0.1, 0.15) is 11.4 Å². The molecule has 2 N–H and O–H groups in total. The second-order valence-corrected chi connectivity index (χ2v) is 6.12. The molecule has 0 radical (unpaired) electrons. The summed E-state index contributed by atoms with van der Waals surface area (Å²) >= 11 is 0. The molecule has 138 valence electrons. The number of benzene rings is 2. The van der Waals surface area contributed by atoms with Crippen molar-refractivity contribution in [1.29, 1.82) is 0 Å². The second-order valence-electron chi connectivity index (χ2n) is 6.12. The van der Waals surface area contributed by atoms with E-state index in [0.717, 1.165) is 31.6 Å². The van der Waals surface area contributed by atoms with Crippen LogP contribution in [0.4, 0.5) is 0 Å². The van der Waals surface area contributed by atoms with Gasteiger partial charge < -0.3 is 15.4 Å². The summed E-state index contributed by atoms with van der Waals surface area (Å²) in [6.45, 7) is 5.02. The fourth-order valence-corrected chi connectivity index (χ4v) is 3.08. The van der Waals surface area contributed by atoms with Crippen LogP contribution in [0.1, 0.15) is 37.8 Å². The molecule has 1 unspecified atom stereocenters. The third-order valence-corrected chi connectivity index (χ3v) is 4.34. The number of nitrogens with two attached hydrogens (primary N) is 1. The van der Waals surface area contributed by atoms with Gasteiger partial charge in [0.2, 0.25) is 0 Å². The predicted octanol–water partition coefficient (Wildman–Crippen LogP) is 4.46. The number of aryl methyl sites for hydroxylation is 1. The van der Waals surface area contributed by atoms with Crippen molar-refractivity contribution >= 4 is 0 Å². The highest BCUT2D eigenvalue weighted by atomic mass is 16.5. The first-order valence-corrected chi connectivity index (χ1v) is 9.24. The van der Waals surface area contributed by atoms with Crippen molar-refractivity contribution in [1.82, 2.24) is 4.90 Å². The molecule has 0 aliphatic carbocycles. The molecule has 0 amide bonds. The molecule has 0 aromatic heterocycles. The van der Waals surface area contributed by atoms with Gasteiger partial charge in [0.15, 0.2) is 0 Å². The van der Waals surface area contributed by atoms with E-state index < -0.39 is 0 Å². The van der Waals surface area contributed by atoms with Gasteiger partial charge in [-0.05, 0) is 51.2 Å². The largest absolute Gasteiger partial charge is 0.482 e. The average molecular weight is 343 g/mol. The van der Waals surface area contributed by atoms with E-state index in [4.69, 9.17) is 4.74 Å². The van der Waals surface area contributed by atoms with Gasteiger partial charge in [-0.25, -0.2) is 0 Å². The molecule has 1 heterocycles. The third-order valence-electron chi connectivity index (χ3n) is 4.34. The number of fused-ring (bicyclic) bond motifs is 1. The maximum absolute atomic E-state index is 6.53. The van der Waals surface area contributed by atoms with Crippen LogP contribution in [-0.2, 0) is 12.0 Å². The number of rotatable bonds is 4. The van der Waals surface area contributed by atoms with Gasteiger partial charge in [-0.15, -0.1) is 0 Å². The van der Waals surface area contributed by atoms with E-state index in [1.807, 2.05) is 13.8 Å². The Bertz CT molecular complexity index is 598. The summed E-state index contributed by atoms with van der Waals surface area (Å²) in [5, 5.41) is 0. The summed E-state index contributed by atoms with van der Waals surface area (Å²) < 4.78 is 6.53. The van der Waals surface area contributed by atoms with Gasteiger partial charge in [-0.3, -0.25) is 0 Å². The predicted molar refractivity (Wildman–Crippen MR) is 108 cm³/mol. The number of para-hydroxylation sites is 1. The highest BCUT2D eigenvalue weighted by Crippen LogP contribution is 2.41. The van der Waals surface area contributed by atoms with Gasteiger partial charge in [-0.2, -0.15) is 0 Å². The fraction of sp³-hybridized carbons (Fsp3) is 0.455. The van der Waals surface area contributed by atoms with E-state index in [9.17, 15) is 0 Å². The van der Waals surface area contributed by atoms with Crippen LogP contribution in [0.3, 0.4) is 0 Å². The normalized spacial score (nSPS) is 18.0. The average Bonchev–Trinajstić information content (AvgIpc) is 2.70. The Labute approximate surface area is 153 Å². The Morgan fingerprint density at radius 3 is 2.20 bits per heavy atom. The lowest BCUT2D eigenvalue weighted by Gasteiger charge is -2.40. The summed E-state index contributed by atoms with van der Waals surface area (Å²) in [6.07, 6.45) is 3.14. The van der Waals surface area contributed by atoms with Crippen molar-refractivity contribution in [3.05, 3.63) is 65.7 Å². The molecular formula is C22H34N2O. The molecule has 0 saturated heterocycles. The molecule has 0 saturated carbocycles. The van der Waals surface area contributed by atoms with Gasteiger partial charge in [0, 0.05) is 13.0 Å². The lowest BCUT2D eigenvalue weighted by atomic mass is 9.82. The van der Waals surface area contributed by atoms with Gasteiger partial charge in [0.05, 0.1) is 0 Å².